The van der Waals surface area contributed by atoms with Gasteiger partial charge in [0.1, 0.15) is 0 Å². The third-order valence-electron chi connectivity index (χ3n) is 4.78. The monoisotopic (exact) mass is 308 g/mol. The van der Waals surface area contributed by atoms with Crippen LogP contribution in [0, 0.1) is 0 Å². The Morgan fingerprint density at radius 3 is 2.62 bits per heavy atom. The van der Waals surface area contributed by atoms with Crippen LogP contribution in [0.25, 0.3) is 0 Å². The van der Waals surface area contributed by atoms with E-state index in [0.29, 0.717) is 10.7 Å². The zero-order chi connectivity index (χ0) is 14.7. The number of hydrogen-bond donors (Lipinski definition) is 1. The van der Waals surface area contributed by atoms with E-state index in [1.807, 2.05) is 0 Å². The SMILES string of the molecule is Nc1cc(Cl)cnc1N1CCCN(C2CCCCC2)CC1. The van der Waals surface area contributed by atoms with Crippen molar-refractivity contribution < 1.29 is 0 Å². The van der Waals surface area contributed by atoms with Crippen molar-refractivity contribution in [2.24, 2.45) is 0 Å². The minimum absolute atomic E-state index is 0.606. The van der Waals surface area contributed by atoms with Crippen LogP contribution in [0.15, 0.2) is 12.3 Å². The first-order chi connectivity index (χ1) is 10.2. The van der Waals surface area contributed by atoms with E-state index in [4.69, 9.17) is 17.3 Å². The van der Waals surface area contributed by atoms with Crippen LogP contribution in [-0.2, 0) is 0 Å². The highest BCUT2D eigenvalue weighted by molar-refractivity contribution is 6.30. The predicted octanol–water partition coefficient (Wildman–Crippen LogP) is 3.16. The molecule has 4 nitrogen and oxygen atoms in total. The van der Waals surface area contributed by atoms with Gasteiger partial charge in [0.05, 0.1) is 10.7 Å². The van der Waals surface area contributed by atoms with Gasteiger partial charge in [-0.1, -0.05) is 30.9 Å². The van der Waals surface area contributed by atoms with Crippen molar-refractivity contribution >= 4 is 23.1 Å². The van der Waals surface area contributed by atoms with Gasteiger partial charge in [0.25, 0.3) is 0 Å². The smallest absolute Gasteiger partial charge is 0.151 e. The second-order valence-corrected chi connectivity index (χ2v) is 6.67. The van der Waals surface area contributed by atoms with Crippen LogP contribution in [0.2, 0.25) is 5.02 Å². The molecular formula is C16H25ClN4. The summed E-state index contributed by atoms with van der Waals surface area (Å²) < 4.78 is 0. The largest absolute Gasteiger partial charge is 0.396 e. The average molecular weight is 309 g/mol. The van der Waals surface area contributed by atoms with Gasteiger partial charge < -0.3 is 10.6 Å². The Morgan fingerprint density at radius 2 is 1.86 bits per heavy atom. The number of rotatable bonds is 2. The fourth-order valence-corrected chi connectivity index (χ4v) is 3.84. The van der Waals surface area contributed by atoms with Crippen LogP contribution >= 0.6 is 11.6 Å². The number of halogens is 1. The second-order valence-electron chi connectivity index (χ2n) is 6.23. The molecule has 1 aliphatic carbocycles. The van der Waals surface area contributed by atoms with E-state index in [9.17, 15) is 0 Å². The molecule has 3 rings (SSSR count). The molecule has 5 heteroatoms. The molecule has 0 atom stereocenters. The van der Waals surface area contributed by atoms with Crippen LogP contribution in [-0.4, -0.2) is 42.1 Å². The lowest BCUT2D eigenvalue weighted by molar-refractivity contribution is 0.166. The topological polar surface area (TPSA) is 45.4 Å². The Bertz CT molecular complexity index is 473. The first-order valence-corrected chi connectivity index (χ1v) is 8.52. The van der Waals surface area contributed by atoms with Gasteiger partial charge in [-0.3, -0.25) is 4.90 Å². The van der Waals surface area contributed by atoms with Gasteiger partial charge in [0.15, 0.2) is 5.82 Å². The number of aromatic nitrogens is 1. The van der Waals surface area contributed by atoms with Crippen LogP contribution in [0.3, 0.4) is 0 Å². The third-order valence-corrected chi connectivity index (χ3v) is 4.99. The molecule has 2 N–H and O–H groups in total. The van der Waals surface area contributed by atoms with E-state index in [0.717, 1.165) is 31.5 Å². The summed E-state index contributed by atoms with van der Waals surface area (Å²) in [6, 6.07) is 2.60. The highest BCUT2D eigenvalue weighted by Gasteiger charge is 2.24. The molecule has 2 heterocycles. The van der Waals surface area contributed by atoms with E-state index in [-0.39, 0.29) is 0 Å². The fraction of sp³-hybridized carbons (Fsp3) is 0.688. The summed E-state index contributed by atoms with van der Waals surface area (Å²) in [5, 5.41) is 0.606. The highest BCUT2D eigenvalue weighted by Crippen LogP contribution is 2.27. The van der Waals surface area contributed by atoms with Gasteiger partial charge in [-0.2, -0.15) is 0 Å². The highest BCUT2D eigenvalue weighted by atomic mass is 35.5. The molecule has 21 heavy (non-hydrogen) atoms. The van der Waals surface area contributed by atoms with Crippen molar-refractivity contribution in [2.45, 2.75) is 44.6 Å². The fourth-order valence-electron chi connectivity index (χ4n) is 3.67. The van der Waals surface area contributed by atoms with Crippen LogP contribution in [0.5, 0.6) is 0 Å². The zero-order valence-corrected chi connectivity index (χ0v) is 13.4. The van der Waals surface area contributed by atoms with E-state index < -0.39 is 0 Å². The van der Waals surface area contributed by atoms with Gasteiger partial charge in [0, 0.05) is 38.4 Å². The van der Waals surface area contributed by atoms with Crippen LogP contribution < -0.4 is 10.6 Å². The maximum atomic E-state index is 6.08. The molecule has 0 radical (unpaired) electrons. The molecule has 0 spiro atoms. The summed E-state index contributed by atoms with van der Waals surface area (Å²) in [5.74, 6) is 0.893. The number of anilines is 2. The van der Waals surface area contributed by atoms with E-state index in [1.54, 1.807) is 12.3 Å². The zero-order valence-electron chi connectivity index (χ0n) is 12.6. The Balaban J connectivity index is 1.64. The third kappa shape index (κ3) is 3.61. The maximum absolute atomic E-state index is 6.08. The predicted molar refractivity (Wildman–Crippen MR) is 88.9 cm³/mol. The maximum Gasteiger partial charge on any atom is 0.151 e. The molecule has 1 aliphatic heterocycles. The summed E-state index contributed by atoms with van der Waals surface area (Å²) >= 11 is 5.94. The van der Waals surface area contributed by atoms with Gasteiger partial charge in [0.2, 0.25) is 0 Å². The van der Waals surface area contributed by atoms with Crippen molar-refractivity contribution in [3.63, 3.8) is 0 Å². The van der Waals surface area contributed by atoms with Crippen molar-refractivity contribution in [2.75, 3.05) is 36.8 Å². The lowest BCUT2D eigenvalue weighted by atomic mass is 9.94. The quantitative estimate of drug-likeness (QED) is 0.911. The van der Waals surface area contributed by atoms with Crippen molar-refractivity contribution in [3.8, 4) is 0 Å². The molecule has 0 aromatic carbocycles. The minimum atomic E-state index is 0.606. The number of nitrogens with zero attached hydrogens (tertiary/aromatic N) is 3. The van der Waals surface area contributed by atoms with E-state index >= 15 is 0 Å². The Morgan fingerprint density at radius 1 is 1.05 bits per heavy atom. The van der Waals surface area contributed by atoms with Crippen LogP contribution in [0.1, 0.15) is 38.5 Å². The molecule has 1 saturated heterocycles. The molecule has 0 bridgehead atoms. The van der Waals surface area contributed by atoms with Gasteiger partial charge >= 0.3 is 0 Å². The lowest BCUT2D eigenvalue weighted by Gasteiger charge is -2.33. The number of pyridine rings is 1. The van der Waals surface area contributed by atoms with Gasteiger partial charge in [-0.15, -0.1) is 0 Å². The molecule has 1 aromatic rings. The Labute approximate surface area is 132 Å². The number of hydrogen-bond acceptors (Lipinski definition) is 4. The molecule has 1 aromatic heterocycles. The normalized spacial score (nSPS) is 22.2. The summed E-state index contributed by atoms with van der Waals surface area (Å²) in [4.78, 5) is 9.43. The molecule has 2 aliphatic rings. The van der Waals surface area contributed by atoms with Gasteiger partial charge in [-0.25, -0.2) is 4.98 Å². The molecule has 1 saturated carbocycles. The first kappa shape index (κ1) is 14.9. The first-order valence-electron chi connectivity index (χ1n) is 8.14. The molecule has 0 unspecified atom stereocenters. The second kappa shape index (κ2) is 6.84. The van der Waals surface area contributed by atoms with Gasteiger partial charge in [-0.05, 0) is 25.3 Å². The van der Waals surface area contributed by atoms with Crippen LogP contribution in [0.4, 0.5) is 11.5 Å². The van der Waals surface area contributed by atoms with Crippen molar-refractivity contribution in [1.82, 2.24) is 9.88 Å². The molecular weight excluding hydrogens is 284 g/mol. The Hall–Kier alpha value is -1.00. The summed E-state index contributed by atoms with van der Waals surface area (Å²) in [7, 11) is 0. The van der Waals surface area contributed by atoms with E-state index in [1.165, 1.54) is 45.1 Å². The average Bonchev–Trinajstić information content (AvgIpc) is 2.74. The summed E-state index contributed by atoms with van der Waals surface area (Å²) in [6.45, 7) is 4.36. The molecule has 2 fully saturated rings. The van der Waals surface area contributed by atoms with Crippen molar-refractivity contribution in [1.29, 1.82) is 0 Å². The standard InChI is InChI=1S/C16H25ClN4/c17-13-11-15(18)16(19-12-13)21-8-4-7-20(9-10-21)14-5-2-1-3-6-14/h11-12,14H,1-10,18H2. The summed E-state index contributed by atoms with van der Waals surface area (Å²) in [6.07, 6.45) is 9.84. The molecule has 0 amide bonds. The number of nitrogens with two attached hydrogens (primary N) is 1. The Kier molecular flexibility index (Phi) is 4.86. The van der Waals surface area contributed by atoms with Crippen molar-refractivity contribution in [3.05, 3.63) is 17.3 Å². The van der Waals surface area contributed by atoms with E-state index in [2.05, 4.69) is 14.8 Å². The number of nitrogen functional groups attached to an aromatic ring is 1. The molecule has 116 valence electrons. The summed E-state index contributed by atoms with van der Waals surface area (Å²) in [5.41, 5.74) is 6.77. The lowest BCUT2D eigenvalue weighted by Crippen LogP contribution is -2.39. The minimum Gasteiger partial charge on any atom is -0.396 e.